The molecule has 0 saturated carbocycles. The van der Waals surface area contributed by atoms with Crippen LogP contribution in [0.4, 0.5) is 0 Å². The fourth-order valence-electron chi connectivity index (χ4n) is 4.30. The number of nitrogens with one attached hydrogen (secondary N) is 1. The molecule has 3 nitrogen and oxygen atoms in total. The average Bonchev–Trinajstić information content (AvgIpc) is 2.94. The number of allylic oxidation sites excluding steroid dienone is 6. The molecule has 1 N–H and O–H groups in total. The van der Waals surface area contributed by atoms with E-state index in [0.717, 1.165) is 57.4 Å². The molecule has 2 aromatic rings. The SMILES string of the molecule is COC/C(C)=C/C=C1/CC/C=C\CC=C(CCNCCc2cccc3ccc(OC)cc23)C1. The number of benzene rings is 2. The zero-order chi connectivity index (χ0) is 23.3. The van der Waals surface area contributed by atoms with Crippen molar-refractivity contribution in [1.29, 1.82) is 0 Å². The zero-order valence-electron chi connectivity index (χ0n) is 20.5. The molecule has 0 spiro atoms. The molecule has 0 aromatic heterocycles. The second-order valence-corrected chi connectivity index (χ2v) is 8.81. The molecule has 1 aliphatic rings. The van der Waals surface area contributed by atoms with Crippen LogP contribution in [0.2, 0.25) is 0 Å². The average molecular weight is 446 g/mol. The molecule has 0 amide bonds. The molecule has 0 saturated heterocycles. The van der Waals surface area contributed by atoms with Crippen LogP contribution < -0.4 is 10.1 Å². The van der Waals surface area contributed by atoms with Crippen LogP contribution >= 0.6 is 0 Å². The van der Waals surface area contributed by atoms with E-state index in [2.05, 4.69) is 73.0 Å². The Kier molecular flexibility index (Phi) is 10.5. The van der Waals surface area contributed by atoms with Crippen molar-refractivity contribution in [1.82, 2.24) is 5.32 Å². The van der Waals surface area contributed by atoms with Gasteiger partial charge in [0.2, 0.25) is 0 Å². The highest BCUT2D eigenvalue weighted by atomic mass is 16.5. The Morgan fingerprint density at radius 2 is 1.94 bits per heavy atom. The van der Waals surface area contributed by atoms with E-state index in [1.807, 2.05) is 6.07 Å². The molecule has 0 fully saturated rings. The van der Waals surface area contributed by atoms with Crippen molar-refractivity contribution < 1.29 is 9.47 Å². The van der Waals surface area contributed by atoms with Crippen LogP contribution in [-0.4, -0.2) is 33.9 Å². The van der Waals surface area contributed by atoms with Crippen molar-refractivity contribution in [3.63, 3.8) is 0 Å². The Balaban J connectivity index is 1.53. The summed E-state index contributed by atoms with van der Waals surface area (Å²) in [5.41, 5.74) is 5.67. The van der Waals surface area contributed by atoms with Gasteiger partial charge < -0.3 is 14.8 Å². The maximum absolute atomic E-state index is 5.43. The molecule has 0 heterocycles. The van der Waals surface area contributed by atoms with E-state index in [-0.39, 0.29) is 0 Å². The van der Waals surface area contributed by atoms with Gasteiger partial charge in [0.05, 0.1) is 13.7 Å². The van der Waals surface area contributed by atoms with Gasteiger partial charge in [-0.1, -0.05) is 65.8 Å². The molecule has 176 valence electrons. The third kappa shape index (κ3) is 8.34. The topological polar surface area (TPSA) is 30.5 Å². The fourth-order valence-corrected chi connectivity index (χ4v) is 4.30. The first-order chi connectivity index (χ1) is 16.2. The van der Waals surface area contributed by atoms with Crippen molar-refractivity contribution in [3.8, 4) is 5.75 Å². The molecule has 0 aliphatic heterocycles. The third-order valence-corrected chi connectivity index (χ3v) is 6.14. The van der Waals surface area contributed by atoms with Crippen molar-refractivity contribution in [2.45, 2.75) is 45.4 Å². The maximum Gasteiger partial charge on any atom is 0.119 e. The van der Waals surface area contributed by atoms with Gasteiger partial charge in [-0.05, 0) is 92.6 Å². The van der Waals surface area contributed by atoms with Crippen LogP contribution in [0.5, 0.6) is 5.75 Å². The van der Waals surface area contributed by atoms with Crippen LogP contribution in [0, 0.1) is 0 Å². The normalized spacial score (nSPS) is 17.4. The molecule has 3 rings (SSSR count). The summed E-state index contributed by atoms with van der Waals surface area (Å²) < 4.78 is 10.7. The van der Waals surface area contributed by atoms with E-state index in [1.165, 1.54) is 33.1 Å². The van der Waals surface area contributed by atoms with Crippen molar-refractivity contribution in [2.75, 3.05) is 33.9 Å². The largest absolute Gasteiger partial charge is 0.497 e. The van der Waals surface area contributed by atoms with Crippen LogP contribution in [0.15, 0.2) is 83.5 Å². The van der Waals surface area contributed by atoms with Gasteiger partial charge in [0.25, 0.3) is 0 Å². The first-order valence-corrected chi connectivity index (χ1v) is 12.1. The van der Waals surface area contributed by atoms with Crippen LogP contribution in [0.25, 0.3) is 10.8 Å². The predicted octanol–water partition coefficient (Wildman–Crippen LogP) is 6.95. The van der Waals surface area contributed by atoms with Crippen molar-refractivity contribution in [2.24, 2.45) is 0 Å². The quantitative estimate of drug-likeness (QED) is 0.317. The van der Waals surface area contributed by atoms with Gasteiger partial charge in [-0.3, -0.25) is 0 Å². The minimum atomic E-state index is 0.694. The lowest BCUT2D eigenvalue weighted by Crippen LogP contribution is -2.19. The molecule has 0 atom stereocenters. The third-order valence-electron chi connectivity index (χ3n) is 6.14. The number of hydrogen-bond acceptors (Lipinski definition) is 3. The molecule has 0 bridgehead atoms. The number of methoxy groups -OCH3 is 2. The Morgan fingerprint density at radius 3 is 2.79 bits per heavy atom. The van der Waals surface area contributed by atoms with Crippen molar-refractivity contribution in [3.05, 3.63) is 89.1 Å². The van der Waals surface area contributed by atoms with Gasteiger partial charge in [0.15, 0.2) is 0 Å². The van der Waals surface area contributed by atoms with E-state index >= 15 is 0 Å². The maximum atomic E-state index is 5.43. The first-order valence-electron chi connectivity index (χ1n) is 12.1. The summed E-state index contributed by atoms with van der Waals surface area (Å²) in [6.07, 6.45) is 18.0. The smallest absolute Gasteiger partial charge is 0.119 e. The van der Waals surface area contributed by atoms with Crippen LogP contribution in [0.3, 0.4) is 0 Å². The summed E-state index contributed by atoms with van der Waals surface area (Å²) >= 11 is 0. The van der Waals surface area contributed by atoms with E-state index < -0.39 is 0 Å². The first kappa shape index (κ1) is 25.0. The molecule has 0 unspecified atom stereocenters. The van der Waals surface area contributed by atoms with Crippen molar-refractivity contribution >= 4 is 10.8 Å². The standard InChI is InChI=1S/C30H39NO2/c1-24(23-32-2)13-14-25-9-6-4-5-7-10-26(21-25)17-19-31-20-18-28-12-8-11-27-15-16-29(33-3)22-30(27)28/h4-5,8,10-16,22,31H,6-7,9,17-21,23H2,1-3H3/b5-4-,24-13+,25-14-,26-10?. The Hall–Kier alpha value is -2.62. The highest BCUT2D eigenvalue weighted by molar-refractivity contribution is 5.87. The highest BCUT2D eigenvalue weighted by Gasteiger charge is 2.06. The van der Waals surface area contributed by atoms with Gasteiger partial charge in [0.1, 0.15) is 5.75 Å². The van der Waals surface area contributed by atoms with E-state index in [0.29, 0.717) is 6.61 Å². The van der Waals surface area contributed by atoms with Crippen LogP contribution in [-0.2, 0) is 11.2 Å². The predicted molar refractivity (Wildman–Crippen MR) is 141 cm³/mol. The number of hydrogen-bond donors (Lipinski definition) is 1. The molecular formula is C30H39NO2. The van der Waals surface area contributed by atoms with Gasteiger partial charge in [-0.2, -0.15) is 0 Å². The summed E-state index contributed by atoms with van der Waals surface area (Å²) in [4.78, 5) is 0. The molecule has 33 heavy (non-hydrogen) atoms. The van der Waals surface area contributed by atoms with Crippen LogP contribution in [0.1, 0.15) is 44.6 Å². The van der Waals surface area contributed by atoms with Gasteiger partial charge in [-0.25, -0.2) is 0 Å². The fraction of sp³-hybridized carbons (Fsp3) is 0.400. The minimum Gasteiger partial charge on any atom is -0.497 e. The lowest BCUT2D eigenvalue weighted by molar-refractivity contribution is 0.226. The van der Waals surface area contributed by atoms with E-state index in [9.17, 15) is 0 Å². The lowest BCUT2D eigenvalue weighted by atomic mass is 9.98. The molecular weight excluding hydrogens is 406 g/mol. The molecule has 2 aromatic carbocycles. The minimum absolute atomic E-state index is 0.694. The highest BCUT2D eigenvalue weighted by Crippen LogP contribution is 2.25. The van der Waals surface area contributed by atoms with Gasteiger partial charge in [-0.15, -0.1) is 0 Å². The monoisotopic (exact) mass is 445 g/mol. The Morgan fingerprint density at radius 1 is 1.06 bits per heavy atom. The molecule has 3 heteroatoms. The summed E-state index contributed by atoms with van der Waals surface area (Å²) in [5.74, 6) is 0.917. The second kappa shape index (κ2) is 13.8. The number of fused-ring (bicyclic) bond motifs is 1. The molecule has 0 radical (unpaired) electrons. The Bertz CT molecular complexity index is 1010. The summed E-state index contributed by atoms with van der Waals surface area (Å²) in [7, 11) is 3.48. The van der Waals surface area contributed by atoms with E-state index in [1.54, 1.807) is 14.2 Å². The number of ether oxygens (including phenoxy) is 2. The Labute approximate surface area is 199 Å². The number of rotatable bonds is 10. The summed E-state index contributed by atoms with van der Waals surface area (Å²) in [6.45, 7) is 4.81. The molecule has 1 aliphatic carbocycles. The van der Waals surface area contributed by atoms with Gasteiger partial charge >= 0.3 is 0 Å². The second-order valence-electron chi connectivity index (χ2n) is 8.81. The van der Waals surface area contributed by atoms with E-state index in [4.69, 9.17) is 9.47 Å². The summed E-state index contributed by atoms with van der Waals surface area (Å²) in [5, 5.41) is 6.23. The van der Waals surface area contributed by atoms with Gasteiger partial charge in [0, 0.05) is 7.11 Å². The zero-order valence-corrected chi connectivity index (χ0v) is 20.5. The summed E-state index contributed by atoms with van der Waals surface area (Å²) in [6, 6.07) is 12.9. The lowest BCUT2D eigenvalue weighted by Gasteiger charge is -2.12.